The average Bonchev–Trinajstić information content (AvgIpc) is 1.41. The first-order valence-electron chi connectivity index (χ1n) is 1.31. The molecule has 0 fully saturated rings. The van der Waals surface area contributed by atoms with Crippen molar-refractivity contribution < 1.29 is 0 Å². The van der Waals surface area contributed by atoms with Crippen molar-refractivity contribution in [3.63, 3.8) is 0 Å². The standard InChI is InChI=1S/C2H5ClN2/c3-1-2-5-4/h4H,1-2H2. The first-order chi connectivity index (χ1) is 2.41. The van der Waals surface area contributed by atoms with Gasteiger partial charge in [0, 0.05) is 5.88 Å². The molecule has 0 aromatic heterocycles. The van der Waals surface area contributed by atoms with Crippen molar-refractivity contribution in [2.24, 2.45) is 5.11 Å². The molecule has 0 amide bonds. The Morgan fingerprint density at radius 3 is 2.40 bits per heavy atom. The highest BCUT2D eigenvalue weighted by molar-refractivity contribution is 6.18. The number of rotatable bonds is 2. The van der Waals surface area contributed by atoms with E-state index in [9.17, 15) is 0 Å². The number of halogens is 1. The van der Waals surface area contributed by atoms with E-state index in [0.29, 0.717) is 12.4 Å². The van der Waals surface area contributed by atoms with Gasteiger partial charge in [-0.1, -0.05) is 0 Å². The molecule has 0 rings (SSSR count). The van der Waals surface area contributed by atoms with E-state index in [1.807, 2.05) is 0 Å². The van der Waals surface area contributed by atoms with Gasteiger partial charge in [0.25, 0.3) is 0 Å². The molecule has 30 valence electrons. The smallest absolute Gasteiger partial charge is 0.0731 e. The fourth-order valence-electron chi connectivity index (χ4n) is 0.0423. The van der Waals surface area contributed by atoms with Crippen LogP contribution in [0.5, 0.6) is 0 Å². The second-order valence-corrected chi connectivity index (χ2v) is 0.949. The lowest BCUT2D eigenvalue weighted by Gasteiger charge is -1.69. The van der Waals surface area contributed by atoms with E-state index in [0.717, 1.165) is 0 Å². The molecule has 5 heavy (non-hydrogen) atoms. The van der Waals surface area contributed by atoms with E-state index in [-0.39, 0.29) is 0 Å². The lowest BCUT2D eigenvalue weighted by molar-refractivity contribution is 0.954. The summed E-state index contributed by atoms with van der Waals surface area (Å²) >= 11 is 5.09. The van der Waals surface area contributed by atoms with Crippen LogP contribution >= 0.6 is 11.6 Å². The van der Waals surface area contributed by atoms with Crippen LogP contribution in [0.4, 0.5) is 0 Å². The summed E-state index contributed by atoms with van der Waals surface area (Å²) in [7, 11) is 0. The third kappa shape index (κ3) is 3.89. The largest absolute Gasteiger partial charge is 0.210 e. The molecule has 2 nitrogen and oxygen atoms in total. The summed E-state index contributed by atoms with van der Waals surface area (Å²) in [6, 6.07) is 0. The Labute approximate surface area is 35.6 Å². The third-order valence-corrected chi connectivity index (χ3v) is 0.365. The lowest BCUT2D eigenvalue weighted by atomic mass is 10.8. The lowest BCUT2D eigenvalue weighted by Crippen LogP contribution is -1.72. The minimum Gasteiger partial charge on any atom is -0.210 e. The van der Waals surface area contributed by atoms with Crippen molar-refractivity contribution in [1.82, 2.24) is 0 Å². The maximum atomic E-state index is 6.14. The van der Waals surface area contributed by atoms with Crippen molar-refractivity contribution in [1.29, 1.82) is 5.53 Å². The average molecular weight is 92.5 g/mol. The van der Waals surface area contributed by atoms with Crippen molar-refractivity contribution in [2.45, 2.75) is 0 Å². The zero-order valence-electron chi connectivity index (χ0n) is 2.74. The summed E-state index contributed by atoms with van der Waals surface area (Å²) in [5.41, 5.74) is 6.14. The Balaban J connectivity index is 2.40. The molecule has 0 atom stereocenters. The van der Waals surface area contributed by atoms with Crippen LogP contribution in [-0.2, 0) is 0 Å². The van der Waals surface area contributed by atoms with Gasteiger partial charge in [-0.2, -0.15) is 5.11 Å². The van der Waals surface area contributed by atoms with Crippen LogP contribution in [0.3, 0.4) is 0 Å². The third-order valence-electron chi connectivity index (χ3n) is 0.196. The Hall–Kier alpha value is -0.110. The van der Waals surface area contributed by atoms with E-state index < -0.39 is 0 Å². The molecule has 0 aromatic rings. The topological polar surface area (TPSA) is 36.2 Å². The summed E-state index contributed by atoms with van der Waals surface area (Å²) < 4.78 is 0. The molecule has 0 radical (unpaired) electrons. The highest BCUT2D eigenvalue weighted by Crippen LogP contribution is 1.71. The second kappa shape index (κ2) is 3.89. The van der Waals surface area contributed by atoms with Gasteiger partial charge in [0.05, 0.1) is 6.54 Å². The Kier molecular flexibility index (Phi) is 3.80. The minimum absolute atomic E-state index is 0.446. The van der Waals surface area contributed by atoms with Crippen LogP contribution in [0.1, 0.15) is 0 Å². The van der Waals surface area contributed by atoms with Gasteiger partial charge >= 0.3 is 0 Å². The van der Waals surface area contributed by atoms with Gasteiger partial charge in [0.2, 0.25) is 0 Å². The SMILES string of the molecule is N=NCCCl. The molecule has 0 unspecified atom stereocenters. The molecule has 0 saturated carbocycles. The van der Waals surface area contributed by atoms with Crippen molar-refractivity contribution in [3.8, 4) is 0 Å². The van der Waals surface area contributed by atoms with Crippen molar-refractivity contribution in [3.05, 3.63) is 0 Å². The quantitative estimate of drug-likeness (QED) is 0.393. The van der Waals surface area contributed by atoms with E-state index in [4.69, 9.17) is 17.1 Å². The summed E-state index contributed by atoms with van der Waals surface area (Å²) in [6.07, 6.45) is 0. The molecule has 0 aromatic carbocycles. The van der Waals surface area contributed by atoms with Gasteiger partial charge in [-0.15, -0.1) is 11.6 Å². The van der Waals surface area contributed by atoms with Crippen molar-refractivity contribution >= 4 is 11.6 Å². The first kappa shape index (κ1) is 4.89. The first-order valence-corrected chi connectivity index (χ1v) is 1.84. The molecule has 0 heterocycles. The van der Waals surface area contributed by atoms with Gasteiger partial charge in [0.15, 0.2) is 0 Å². The highest BCUT2D eigenvalue weighted by Gasteiger charge is 1.66. The summed E-state index contributed by atoms with van der Waals surface area (Å²) in [4.78, 5) is 0. The van der Waals surface area contributed by atoms with Crippen LogP contribution in [0.15, 0.2) is 5.11 Å². The maximum absolute atomic E-state index is 6.14. The molecule has 0 saturated heterocycles. The number of nitrogens with zero attached hydrogens (tertiary/aromatic N) is 1. The van der Waals surface area contributed by atoms with Crippen LogP contribution < -0.4 is 0 Å². The van der Waals surface area contributed by atoms with E-state index >= 15 is 0 Å². The second-order valence-electron chi connectivity index (χ2n) is 0.571. The van der Waals surface area contributed by atoms with E-state index in [1.54, 1.807) is 0 Å². The van der Waals surface area contributed by atoms with Crippen LogP contribution in [0, 0.1) is 5.53 Å². The highest BCUT2D eigenvalue weighted by atomic mass is 35.5. The van der Waals surface area contributed by atoms with Gasteiger partial charge in [-0.25, -0.2) is 5.53 Å². The predicted octanol–water partition coefficient (Wildman–Crippen LogP) is 1.26. The zero-order valence-corrected chi connectivity index (χ0v) is 3.50. The zero-order chi connectivity index (χ0) is 4.12. The molecular formula is C2H5ClN2. The van der Waals surface area contributed by atoms with Crippen molar-refractivity contribution in [2.75, 3.05) is 12.4 Å². The van der Waals surface area contributed by atoms with E-state index in [2.05, 4.69) is 5.11 Å². The Morgan fingerprint density at radius 1 is 1.80 bits per heavy atom. The van der Waals surface area contributed by atoms with Gasteiger partial charge < -0.3 is 0 Å². The Morgan fingerprint density at radius 2 is 2.40 bits per heavy atom. The van der Waals surface area contributed by atoms with Crippen LogP contribution in [0.2, 0.25) is 0 Å². The Bertz CT molecular complexity index is 28.8. The maximum Gasteiger partial charge on any atom is 0.0731 e. The van der Waals surface area contributed by atoms with Gasteiger partial charge in [-0.05, 0) is 0 Å². The molecule has 0 aliphatic carbocycles. The number of nitrogens with one attached hydrogen (secondary N) is 1. The monoisotopic (exact) mass is 92.0 g/mol. The summed E-state index contributed by atoms with van der Waals surface area (Å²) in [5, 5.41) is 2.97. The molecule has 0 aliphatic heterocycles. The molecule has 0 spiro atoms. The normalized spacial score (nSPS) is 7.40. The number of hydrogen-bond donors (Lipinski definition) is 1. The molecule has 1 N–H and O–H groups in total. The predicted molar refractivity (Wildman–Crippen MR) is 20.7 cm³/mol. The summed E-state index contributed by atoms with van der Waals surface area (Å²) in [5.74, 6) is 0.462. The van der Waals surface area contributed by atoms with Gasteiger partial charge in [0.1, 0.15) is 0 Å². The van der Waals surface area contributed by atoms with Crippen LogP contribution in [-0.4, -0.2) is 12.4 Å². The minimum atomic E-state index is 0.446. The molecule has 3 heteroatoms. The molecular weight excluding hydrogens is 87.5 g/mol. The van der Waals surface area contributed by atoms with Gasteiger partial charge in [-0.3, -0.25) is 0 Å². The number of hydrogen-bond acceptors (Lipinski definition) is 2. The summed E-state index contributed by atoms with van der Waals surface area (Å²) in [6.45, 7) is 0.446. The fraction of sp³-hybridized carbons (Fsp3) is 1.00. The fourth-order valence-corrected chi connectivity index (χ4v) is 0.127. The molecule has 0 bridgehead atoms. The molecule has 0 aliphatic rings. The van der Waals surface area contributed by atoms with Crippen LogP contribution in [0.25, 0.3) is 0 Å². The van der Waals surface area contributed by atoms with E-state index in [1.165, 1.54) is 0 Å². The number of alkyl halides is 1.